The van der Waals surface area contributed by atoms with Gasteiger partial charge in [0, 0.05) is 9.75 Å². The van der Waals surface area contributed by atoms with Crippen LogP contribution in [0.4, 0.5) is 0 Å². The Kier molecular flexibility index (Phi) is 2.75. The molecule has 1 rings (SSSR count). The van der Waals surface area contributed by atoms with Crippen LogP contribution >= 0.6 is 23.6 Å². The molecule has 0 saturated carbocycles. The molecule has 10 heavy (non-hydrogen) atoms. The summed E-state index contributed by atoms with van der Waals surface area (Å²) in [5, 5.41) is 2.34. The van der Waals surface area contributed by atoms with E-state index in [-0.39, 0.29) is 0 Å². The fourth-order valence-electron chi connectivity index (χ4n) is 0.680. The molecular formula is C7H7NS2. The summed E-state index contributed by atoms with van der Waals surface area (Å²) in [6, 6.07) is 4.15. The summed E-state index contributed by atoms with van der Waals surface area (Å²) in [6.45, 7) is 2.76. The maximum atomic E-state index is 4.45. The summed E-state index contributed by atoms with van der Waals surface area (Å²) in [5.74, 6) is 0. The van der Waals surface area contributed by atoms with Crippen molar-refractivity contribution in [3.05, 3.63) is 21.9 Å². The second-order valence-electron chi connectivity index (χ2n) is 1.92. The van der Waals surface area contributed by atoms with Crippen molar-refractivity contribution in [2.45, 2.75) is 13.5 Å². The average molecular weight is 169 g/mol. The highest BCUT2D eigenvalue weighted by atomic mass is 32.1. The number of aryl methyl sites for hydroxylation is 1. The zero-order chi connectivity index (χ0) is 7.40. The molecule has 0 saturated heterocycles. The quantitative estimate of drug-likeness (QED) is 0.490. The summed E-state index contributed by atoms with van der Waals surface area (Å²) < 4.78 is 0. The Labute approximate surface area is 69.4 Å². The van der Waals surface area contributed by atoms with Crippen molar-refractivity contribution in [2.75, 3.05) is 0 Å². The van der Waals surface area contributed by atoms with Crippen molar-refractivity contribution in [1.29, 1.82) is 0 Å². The van der Waals surface area contributed by atoms with E-state index >= 15 is 0 Å². The molecule has 0 radical (unpaired) electrons. The Hall–Kier alpha value is -0.500. The predicted octanol–water partition coefficient (Wildman–Crippen LogP) is 2.66. The van der Waals surface area contributed by atoms with Gasteiger partial charge in [-0.15, -0.1) is 11.3 Å². The zero-order valence-electron chi connectivity index (χ0n) is 5.63. The first-order chi connectivity index (χ1) is 4.83. The number of hydrogen-bond acceptors (Lipinski definition) is 3. The maximum absolute atomic E-state index is 4.45. The van der Waals surface area contributed by atoms with Crippen molar-refractivity contribution >= 4 is 28.7 Å². The van der Waals surface area contributed by atoms with Gasteiger partial charge in [0.15, 0.2) is 0 Å². The molecule has 1 aromatic heterocycles. The van der Waals surface area contributed by atoms with Gasteiger partial charge in [-0.2, -0.15) is 0 Å². The summed E-state index contributed by atoms with van der Waals surface area (Å²) >= 11 is 6.19. The van der Waals surface area contributed by atoms with Crippen LogP contribution in [-0.4, -0.2) is 5.16 Å². The van der Waals surface area contributed by atoms with Crippen molar-refractivity contribution in [3.8, 4) is 0 Å². The lowest BCUT2D eigenvalue weighted by molar-refractivity contribution is 1.12. The fraction of sp³-hybridized carbons (Fsp3) is 0.286. The van der Waals surface area contributed by atoms with Crippen LogP contribution in [0.1, 0.15) is 9.75 Å². The Morgan fingerprint density at radius 2 is 2.50 bits per heavy atom. The number of hydrogen-bond donors (Lipinski definition) is 0. The zero-order valence-corrected chi connectivity index (χ0v) is 7.26. The highest BCUT2D eigenvalue weighted by molar-refractivity contribution is 7.78. The van der Waals surface area contributed by atoms with Crippen molar-refractivity contribution in [3.63, 3.8) is 0 Å². The van der Waals surface area contributed by atoms with Crippen LogP contribution < -0.4 is 0 Å². The third-order valence-corrected chi connectivity index (χ3v) is 2.21. The van der Waals surface area contributed by atoms with Crippen LogP contribution in [0.15, 0.2) is 17.1 Å². The highest BCUT2D eigenvalue weighted by Gasteiger charge is 1.92. The van der Waals surface area contributed by atoms with E-state index in [1.165, 1.54) is 9.75 Å². The van der Waals surface area contributed by atoms with Crippen LogP contribution in [0, 0.1) is 6.92 Å². The molecule has 0 atom stereocenters. The number of thiocarbonyl (C=S) groups is 1. The molecule has 0 unspecified atom stereocenters. The fourth-order valence-corrected chi connectivity index (χ4v) is 1.56. The van der Waals surface area contributed by atoms with E-state index in [1.807, 2.05) is 0 Å². The molecule has 0 aromatic carbocycles. The van der Waals surface area contributed by atoms with Gasteiger partial charge in [-0.3, -0.25) is 0 Å². The number of nitrogens with zero attached hydrogens (tertiary/aromatic N) is 1. The second kappa shape index (κ2) is 3.62. The Morgan fingerprint density at radius 1 is 1.70 bits per heavy atom. The van der Waals surface area contributed by atoms with Gasteiger partial charge in [-0.25, -0.2) is 4.99 Å². The van der Waals surface area contributed by atoms with E-state index in [4.69, 9.17) is 0 Å². The minimum absolute atomic E-state index is 0.683. The molecule has 0 aliphatic carbocycles. The molecular weight excluding hydrogens is 162 g/mol. The molecule has 0 spiro atoms. The number of rotatable bonds is 2. The minimum atomic E-state index is 0.683. The minimum Gasteiger partial charge on any atom is -0.227 e. The first-order valence-corrected chi connectivity index (χ1v) is 4.14. The third-order valence-electron chi connectivity index (χ3n) is 1.10. The molecule has 0 bridgehead atoms. The maximum Gasteiger partial charge on any atom is 0.0836 e. The molecule has 3 heteroatoms. The van der Waals surface area contributed by atoms with E-state index in [2.05, 4.69) is 41.4 Å². The predicted molar refractivity (Wildman–Crippen MR) is 47.8 cm³/mol. The van der Waals surface area contributed by atoms with E-state index in [0.717, 1.165) is 0 Å². The number of thiophene rings is 1. The largest absolute Gasteiger partial charge is 0.227 e. The van der Waals surface area contributed by atoms with Gasteiger partial charge in [0.2, 0.25) is 0 Å². The smallest absolute Gasteiger partial charge is 0.0836 e. The molecule has 0 aliphatic heterocycles. The lowest BCUT2D eigenvalue weighted by Crippen LogP contribution is -1.68. The first-order valence-electron chi connectivity index (χ1n) is 2.92. The van der Waals surface area contributed by atoms with E-state index in [9.17, 15) is 0 Å². The topological polar surface area (TPSA) is 12.4 Å². The summed E-state index contributed by atoms with van der Waals surface area (Å²) in [7, 11) is 0. The van der Waals surface area contributed by atoms with Crippen molar-refractivity contribution in [1.82, 2.24) is 0 Å². The molecule has 0 N–H and O–H groups in total. The van der Waals surface area contributed by atoms with Crippen LogP contribution in [0.3, 0.4) is 0 Å². The van der Waals surface area contributed by atoms with Gasteiger partial charge >= 0.3 is 0 Å². The van der Waals surface area contributed by atoms with Crippen LogP contribution in [0.25, 0.3) is 0 Å². The van der Waals surface area contributed by atoms with Gasteiger partial charge in [-0.05, 0) is 31.3 Å². The van der Waals surface area contributed by atoms with Crippen LogP contribution in [0.2, 0.25) is 0 Å². The Morgan fingerprint density at radius 3 is 3.00 bits per heavy atom. The van der Waals surface area contributed by atoms with E-state index in [0.29, 0.717) is 6.54 Å². The lowest BCUT2D eigenvalue weighted by atomic mass is 10.4. The number of isothiocyanates is 1. The van der Waals surface area contributed by atoms with Gasteiger partial charge in [0.25, 0.3) is 0 Å². The van der Waals surface area contributed by atoms with Crippen LogP contribution in [0.5, 0.6) is 0 Å². The van der Waals surface area contributed by atoms with Gasteiger partial charge < -0.3 is 0 Å². The average Bonchev–Trinajstić information content (AvgIpc) is 2.31. The molecule has 0 amide bonds. The van der Waals surface area contributed by atoms with Gasteiger partial charge in [-0.1, -0.05) is 0 Å². The van der Waals surface area contributed by atoms with Gasteiger partial charge in [0.05, 0.1) is 11.7 Å². The van der Waals surface area contributed by atoms with E-state index in [1.54, 1.807) is 11.3 Å². The monoisotopic (exact) mass is 169 g/mol. The molecule has 1 heterocycles. The molecule has 1 aromatic rings. The summed E-state index contributed by atoms with van der Waals surface area (Å²) in [4.78, 5) is 6.39. The summed E-state index contributed by atoms with van der Waals surface area (Å²) in [6.07, 6.45) is 0. The molecule has 52 valence electrons. The first kappa shape index (κ1) is 7.61. The van der Waals surface area contributed by atoms with Crippen molar-refractivity contribution < 1.29 is 0 Å². The third kappa shape index (κ3) is 2.03. The Balaban J connectivity index is 2.66. The highest BCUT2D eigenvalue weighted by Crippen LogP contribution is 2.15. The lowest BCUT2D eigenvalue weighted by Gasteiger charge is -1.82. The molecule has 0 fully saturated rings. The number of aliphatic imine (C=N–C) groups is 1. The van der Waals surface area contributed by atoms with E-state index < -0.39 is 0 Å². The van der Waals surface area contributed by atoms with Gasteiger partial charge in [0.1, 0.15) is 0 Å². The molecule has 0 aliphatic rings. The standard InChI is InChI=1S/C7H7NS2/c1-6-2-3-7(10-6)4-8-5-9/h2-3H,4H2,1H3. The SMILES string of the molecule is Cc1ccc(CN=C=S)s1. The second-order valence-corrected chi connectivity index (χ2v) is 3.47. The summed E-state index contributed by atoms with van der Waals surface area (Å²) in [5.41, 5.74) is 0. The molecule has 1 nitrogen and oxygen atoms in total. The normalized spacial score (nSPS) is 8.90. The Bertz CT molecular complexity index is 258. The van der Waals surface area contributed by atoms with Crippen LogP contribution in [-0.2, 0) is 6.54 Å². The van der Waals surface area contributed by atoms with Crippen molar-refractivity contribution in [2.24, 2.45) is 4.99 Å².